The van der Waals surface area contributed by atoms with Gasteiger partial charge in [-0.2, -0.15) is 0 Å². The van der Waals surface area contributed by atoms with Crippen molar-refractivity contribution in [2.45, 2.75) is 25.9 Å². The minimum Gasteiger partial charge on any atom is -0.501 e. The molecule has 3 nitrogen and oxygen atoms in total. The van der Waals surface area contributed by atoms with Crippen molar-refractivity contribution in [3.8, 4) is 0 Å². The molecule has 124 valence electrons. The van der Waals surface area contributed by atoms with Crippen LogP contribution in [0.3, 0.4) is 0 Å². The Bertz CT molecular complexity index is 753. The van der Waals surface area contributed by atoms with Gasteiger partial charge in [-0.25, -0.2) is 4.39 Å². The van der Waals surface area contributed by atoms with E-state index < -0.39 is 0 Å². The molecule has 1 aliphatic heterocycles. The number of carbonyl (C=O) groups is 1. The molecule has 0 aromatic heterocycles. The Balaban J connectivity index is 1.97. The van der Waals surface area contributed by atoms with E-state index in [-0.39, 0.29) is 17.8 Å². The van der Waals surface area contributed by atoms with Crippen LogP contribution in [-0.4, -0.2) is 17.9 Å². The van der Waals surface area contributed by atoms with Gasteiger partial charge in [0.05, 0.1) is 18.7 Å². The third kappa shape index (κ3) is 3.18. The molecule has 1 unspecified atom stereocenters. The Kier molecular flexibility index (Phi) is 4.65. The first-order chi connectivity index (χ1) is 11.6. The molecular formula is C20H20FNO2. The van der Waals surface area contributed by atoms with E-state index in [1.54, 1.807) is 26.2 Å². The van der Waals surface area contributed by atoms with E-state index in [2.05, 4.69) is 0 Å². The van der Waals surface area contributed by atoms with Gasteiger partial charge >= 0.3 is 0 Å². The van der Waals surface area contributed by atoms with Crippen molar-refractivity contribution >= 4 is 5.91 Å². The number of hydrogen-bond acceptors (Lipinski definition) is 2. The molecule has 2 aromatic rings. The van der Waals surface area contributed by atoms with Crippen LogP contribution in [-0.2, 0) is 16.1 Å². The highest BCUT2D eigenvalue weighted by molar-refractivity contribution is 5.94. The van der Waals surface area contributed by atoms with Gasteiger partial charge in [-0.15, -0.1) is 0 Å². The normalized spacial score (nSPS) is 18.0. The fourth-order valence-corrected chi connectivity index (χ4v) is 3.09. The maximum absolute atomic E-state index is 13.1. The fraction of sp³-hybridized carbons (Fsp3) is 0.250. The van der Waals surface area contributed by atoms with Crippen molar-refractivity contribution in [1.29, 1.82) is 0 Å². The summed E-state index contributed by atoms with van der Waals surface area (Å²) in [5.41, 5.74) is 2.60. The molecule has 1 amide bonds. The SMILES string of the molecule is COC1=C(C)C(=O)N(Cc2ccc(F)cc2)C(c2ccccc2)C1. The van der Waals surface area contributed by atoms with Crippen LogP contribution in [0.5, 0.6) is 0 Å². The summed E-state index contributed by atoms with van der Waals surface area (Å²) >= 11 is 0. The predicted octanol–water partition coefficient (Wildman–Crippen LogP) is 4.22. The molecule has 0 aliphatic carbocycles. The Morgan fingerprint density at radius 2 is 1.79 bits per heavy atom. The van der Waals surface area contributed by atoms with Crippen LogP contribution >= 0.6 is 0 Å². The third-order valence-corrected chi connectivity index (χ3v) is 4.45. The van der Waals surface area contributed by atoms with E-state index >= 15 is 0 Å². The van der Waals surface area contributed by atoms with E-state index in [0.29, 0.717) is 18.5 Å². The van der Waals surface area contributed by atoms with Crippen LogP contribution in [0.1, 0.15) is 30.5 Å². The first kappa shape index (κ1) is 16.2. The molecule has 24 heavy (non-hydrogen) atoms. The Morgan fingerprint density at radius 3 is 2.42 bits per heavy atom. The molecule has 4 heteroatoms. The van der Waals surface area contributed by atoms with Crippen LogP contribution in [0.2, 0.25) is 0 Å². The fourth-order valence-electron chi connectivity index (χ4n) is 3.09. The standard InChI is InChI=1S/C20H20FNO2/c1-14-19(24-2)12-18(16-6-4-3-5-7-16)22(20(14)23)13-15-8-10-17(21)11-9-15/h3-11,18H,12-13H2,1-2H3. The maximum atomic E-state index is 13.1. The number of carbonyl (C=O) groups excluding carboxylic acids is 1. The van der Waals surface area contributed by atoms with Crippen molar-refractivity contribution in [3.05, 3.63) is 82.9 Å². The van der Waals surface area contributed by atoms with E-state index in [4.69, 9.17) is 4.74 Å². The summed E-state index contributed by atoms with van der Waals surface area (Å²) in [5.74, 6) is 0.404. The van der Waals surface area contributed by atoms with Gasteiger partial charge in [0.2, 0.25) is 0 Å². The van der Waals surface area contributed by atoms with Crippen molar-refractivity contribution in [1.82, 2.24) is 4.90 Å². The molecular weight excluding hydrogens is 305 g/mol. The van der Waals surface area contributed by atoms with E-state index in [0.717, 1.165) is 16.9 Å². The summed E-state index contributed by atoms with van der Waals surface area (Å²) < 4.78 is 18.6. The number of amides is 1. The summed E-state index contributed by atoms with van der Waals surface area (Å²) in [6.45, 7) is 2.23. The van der Waals surface area contributed by atoms with Gasteiger partial charge in [0.15, 0.2) is 0 Å². The van der Waals surface area contributed by atoms with Crippen LogP contribution < -0.4 is 0 Å². The number of hydrogen-bond donors (Lipinski definition) is 0. The minimum absolute atomic E-state index is 0.0451. The van der Waals surface area contributed by atoms with Crippen LogP contribution in [0, 0.1) is 5.82 Å². The molecule has 0 fully saturated rings. The van der Waals surface area contributed by atoms with Gasteiger partial charge in [0.1, 0.15) is 11.6 Å². The van der Waals surface area contributed by atoms with Crippen molar-refractivity contribution in [3.63, 3.8) is 0 Å². The lowest BCUT2D eigenvalue weighted by molar-refractivity contribution is -0.132. The molecule has 3 rings (SSSR count). The van der Waals surface area contributed by atoms with Gasteiger partial charge < -0.3 is 9.64 Å². The second kappa shape index (κ2) is 6.87. The number of methoxy groups -OCH3 is 1. The Morgan fingerprint density at radius 1 is 1.12 bits per heavy atom. The van der Waals surface area contributed by atoms with Gasteiger partial charge in [-0.05, 0) is 30.2 Å². The number of rotatable bonds is 4. The van der Waals surface area contributed by atoms with E-state index in [1.165, 1.54) is 12.1 Å². The lowest BCUT2D eigenvalue weighted by Crippen LogP contribution is -2.39. The smallest absolute Gasteiger partial charge is 0.253 e. The molecule has 0 bridgehead atoms. The topological polar surface area (TPSA) is 29.5 Å². The van der Waals surface area contributed by atoms with E-state index in [9.17, 15) is 9.18 Å². The number of halogens is 1. The molecule has 1 heterocycles. The van der Waals surface area contributed by atoms with Gasteiger partial charge in [0, 0.05) is 13.0 Å². The quantitative estimate of drug-likeness (QED) is 0.842. The van der Waals surface area contributed by atoms with Crippen LogP contribution in [0.4, 0.5) is 4.39 Å². The molecule has 0 radical (unpaired) electrons. The average Bonchev–Trinajstić information content (AvgIpc) is 2.62. The lowest BCUT2D eigenvalue weighted by Gasteiger charge is -2.37. The Labute approximate surface area is 141 Å². The molecule has 0 spiro atoms. The summed E-state index contributed by atoms with van der Waals surface area (Å²) in [7, 11) is 1.60. The molecule has 1 aliphatic rings. The van der Waals surface area contributed by atoms with Gasteiger partial charge in [-0.3, -0.25) is 4.79 Å². The number of nitrogens with zero attached hydrogens (tertiary/aromatic N) is 1. The van der Waals surface area contributed by atoms with Crippen LogP contribution in [0.25, 0.3) is 0 Å². The largest absolute Gasteiger partial charge is 0.501 e. The zero-order valence-electron chi connectivity index (χ0n) is 13.8. The molecule has 0 saturated heterocycles. The summed E-state index contributed by atoms with van der Waals surface area (Å²) in [6.07, 6.45) is 0.638. The maximum Gasteiger partial charge on any atom is 0.253 e. The number of ether oxygens (including phenoxy) is 1. The first-order valence-electron chi connectivity index (χ1n) is 7.94. The zero-order valence-corrected chi connectivity index (χ0v) is 13.8. The highest BCUT2D eigenvalue weighted by atomic mass is 19.1. The van der Waals surface area contributed by atoms with Gasteiger partial charge in [-0.1, -0.05) is 42.5 Å². The van der Waals surface area contributed by atoms with Crippen molar-refractivity contribution < 1.29 is 13.9 Å². The van der Waals surface area contributed by atoms with Crippen LogP contribution in [0.15, 0.2) is 65.9 Å². The molecule has 0 N–H and O–H groups in total. The predicted molar refractivity (Wildman–Crippen MR) is 90.5 cm³/mol. The highest BCUT2D eigenvalue weighted by Crippen LogP contribution is 2.36. The number of benzene rings is 2. The second-order valence-corrected chi connectivity index (χ2v) is 5.94. The van der Waals surface area contributed by atoms with Crippen molar-refractivity contribution in [2.24, 2.45) is 0 Å². The summed E-state index contributed by atoms with van der Waals surface area (Å²) in [4.78, 5) is 14.7. The Hall–Kier alpha value is -2.62. The first-order valence-corrected chi connectivity index (χ1v) is 7.94. The molecule has 1 atom stereocenters. The average molecular weight is 325 g/mol. The van der Waals surface area contributed by atoms with E-state index in [1.807, 2.05) is 35.2 Å². The minimum atomic E-state index is -0.277. The summed E-state index contributed by atoms with van der Waals surface area (Å²) in [5, 5.41) is 0. The molecule has 0 saturated carbocycles. The lowest BCUT2D eigenvalue weighted by atomic mass is 9.94. The summed E-state index contributed by atoms with van der Waals surface area (Å²) in [6, 6.07) is 16.1. The monoisotopic (exact) mass is 325 g/mol. The zero-order chi connectivity index (χ0) is 17.1. The second-order valence-electron chi connectivity index (χ2n) is 5.94. The van der Waals surface area contributed by atoms with Crippen molar-refractivity contribution in [2.75, 3.05) is 7.11 Å². The third-order valence-electron chi connectivity index (χ3n) is 4.45. The highest BCUT2D eigenvalue weighted by Gasteiger charge is 2.33. The van der Waals surface area contributed by atoms with Gasteiger partial charge in [0.25, 0.3) is 5.91 Å². The molecule has 2 aromatic carbocycles.